The molecule has 0 bridgehead atoms. The molecule has 0 radical (unpaired) electrons. The quantitative estimate of drug-likeness (QED) is 0.484. The summed E-state index contributed by atoms with van der Waals surface area (Å²) in [5.74, 6) is 0.713. The van der Waals surface area contributed by atoms with E-state index in [1.165, 1.54) is 28.8 Å². The third-order valence-electron chi connectivity index (χ3n) is 4.68. The second-order valence-corrected chi connectivity index (χ2v) is 6.75. The van der Waals surface area contributed by atoms with Crippen molar-refractivity contribution in [3.8, 4) is 11.4 Å². The molecule has 4 aromatic rings. The first-order valence-electron chi connectivity index (χ1n) is 8.64. The third-order valence-corrected chi connectivity index (χ3v) is 4.97. The summed E-state index contributed by atoms with van der Waals surface area (Å²) >= 11 is 6.22. The van der Waals surface area contributed by atoms with Gasteiger partial charge in [-0.15, -0.1) is 0 Å². The first-order chi connectivity index (χ1) is 13.4. The van der Waals surface area contributed by atoms with Gasteiger partial charge in [0, 0.05) is 19.7 Å². The molecule has 0 amide bonds. The third kappa shape index (κ3) is 2.84. The molecule has 28 heavy (non-hydrogen) atoms. The van der Waals surface area contributed by atoms with Crippen molar-refractivity contribution in [1.82, 2.24) is 28.8 Å². The lowest BCUT2D eigenvalue weighted by atomic mass is 10.1. The molecule has 0 atom stereocenters. The van der Waals surface area contributed by atoms with Gasteiger partial charge in [0.25, 0.3) is 5.56 Å². The van der Waals surface area contributed by atoms with Gasteiger partial charge in [-0.25, -0.2) is 4.79 Å². The predicted octanol–water partition coefficient (Wildman–Crippen LogP) is 1.75. The highest BCUT2D eigenvalue weighted by atomic mass is 35.5. The number of hydrogen-bond acceptors (Lipinski definition) is 6. The molecule has 0 saturated heterocycles. The highest BCUT2D eigenvalue weighted by Crippen LogP contribution is 2.20. The van der Waals surface area contributed by atoms with Crippen LogP contribution < -0.4 is 11.2 Å². The van der Waals surface area contributed by atoms with Gasteiger partial charge in [0.2, 0.25) is 17.0 Å². The molecule has 4 rings (SSSR count). The Balaban J connectivity index is 1.75. The van der Waals surface area contributed by atoms with Gasteiger partial charge in [0.1, 0.15) is 6.54 Å². The Hall–Kier alpha value is -3.20. The van der Waals surface area contributed by atoms with Crippen LogP contribution in [-0.2, 0) is 27.1 Å². The van der Waals surface area contributed by atoms with E-state index in [9.17, 15) is 9.59 Å². The standard InChI is InChI=1S/C18H17ClN6O3/c1-4-10-5-7-11(8-6-10)14-20-12(28-22-14)9-25-13-15(21-17(25)19)23(2)18(27)24(3)16(13)26/h5-8H,4,9H2,1-3H3. The van der Waals surface area contributed by atoms with Crippen LogP contribution in [0, 0.1) is 0 Å². The van der Waals surface area contributed by atoms with Crippen LogP contribution in [0.25, 0.3) is 22.6 Å². The lowest BCUT2D eigenvalue weighted by Crippen LogP contribution is -2.37. The number of rotatable bonds is 4. The van der Waals surface area contributed by atoms with Gasteiger partial charge >= 0.3 is 5.69 Å². The first kappa shape index (κ1) is 18.2. The lowest BCUT2D eigenvalue weighted by Gasteiger charge is -2.05. The fraction of sp³-hybridized carbons (Fsp3) is 0.278. The summed E-state index contributed by atoms with van der Waals surface area (Å²) in [4.78, 5) is 33.2. The maximum atomic E-state index is 12.6. The van der Waals surface area contributed by atoms with Crippen molar-refractivity contribution in [3.63, 3.8) is 0 Å². The maximum absolute atomic E-state index is 12.6. The van der Waals surface area contributed by atoms with Crippen LogP contribution in [0.3, 0.4) is 0 Å². The Morgan fingerprint density at radius 2 is 1.79 bits per heavy atom. The zero-order valence-electron chi connectivity index (χ0n) is 15.5. The van der Waals surface area contributed by atoms with Crippen molar-refractivity contribution in [2.45, 2.75) is 19.9 Å². The van der Waals surface area contributed by atoms with Crippen LogP contribution in [0.4, 0.5) is 0 Å². The average molecular weight is 401 g/mol. The minimum absolute atomic E-state index is 0.0559. The van der Waals surface area contributed by atoms with Crippen molar-refractivity contribution >= 4 is 22.8 Å². The normalized spacial score (nSPS) is 11.4. The SMILES string of the molecule is CCc1ccc(-c2noc(Cn3c(Cl)nc4c3c(=O)n(C)c(=O)n4C)n2)cc1. The molecule has 0 unspecified atom stereocenters. The molecular weight excluding hydrogens is 384 g/mol. The highest BCUT2D eigenvalue weighted by Gasteiger charge is 2.20. The lowest BCUT2D eigenvalue weighted by molar-refractivity contribution is 0.372. The van der Waals surface area contributed by atoms with E-state index in [1.807, 2.05) is 24.3 Å². The molecule has 3 aromatic heterocycles. The molecule has 0 spiro atoms. The van der Waals surface area contributed by atoms with Gasteiger partial charge in [0.15, 0.2) is 11.2 Å². The van der Waals surface area contributed by atoms with Crippen LogP contribution in [0.15, 0.2) is 38.4 Å². The fourth-order valence-electron chi connectivity index (χ4n) is 3.03. The topological polar surface area (TPSA) is 101 Å². The number of aryl methyl sites for hydroxylation is 2. The van der Waals surface area contributed by atoms with E-state index >= 15 is 0 Å². The van der Waals surface area contributed by atoms with E-state index in [0.717, 1.165) is 16.6 Å². The first-order valence-corrected chi connectivity index (χ1v) is 9.02. The summed E-state index contributed by atoms with van der Waals surface area (Å²) in [6, 6.07) is 7.88. The average Bonchev–Trinajstić information content (AvgIpc) is 3.30. The number of fused-ring (bicyclic) bond motifs is 1. The zero-order valence-corrected chi connectivity index (χ0v) is 16.3. The molecule has 0 fully saturated rings. The number of aromatic nitrogens is 6. The Morgan fingerprint density at radius 3 is 2.46 bits per heavy atom. The monoisotopic (exact) mass is 400 g/mol. The number of halogens is 1. The second-order valence-electron chi connectivity index (χ2n) is 6.41. The second kappa shape index (κ2) is 6.75. The minimum Gasteiger partial charge on any atom is -0.337 e. The summed E-state index contributed by atoms with van der Waals surface area (Å²) < 4.78 is 9.06. The van der Waals surface area contributed by atoms with Crippen LogP contribution >= 0.6 is 11.6 Å². The van der Waals surface area contributed by atoms with Crippen LogP contribution in [0.5, 0.6) is 0 Å². The zero-order chi connectivity index (χ0) is 20.0. The largest absolute Gasteiger partial charge is 0.337 e. The van der Waals surface area contributed by atoms with E-state index in [0.29, 0.717) is 5.82 Å². The molecule has 9 nitrogen and oxygen atoms in total. The Morgan fingerprint density at radius 1 is 1.07 bits per heavy atom. The van der Waals surface area contributed by atoms with Crippen molar-refractivity contribution in [3.05, 3.63) is 61.8 Å². The van der Waals surface area contributed by atoms with E-state index in [4.69, 9.17) is 16.1 Å². The number of benzene rings is 1. The fourth-order valence-corrected chi connectivity index (χ4v) is 3.25. The summed E-state index contributed by atoms with van der Waals surface area (Å²) in [6.45, 7) is 2.14. The van der Waals surface area contributed by atoms with Crippen LogP contribution in [-0.4, -0.2) is 28.8 Å². The summed E-state index contributed by atoms with van der Waals surface area (Å²) in [5, 5.41) is 4.06. The smallest absolute Gasteiger partial charge is 0.332 e. The van der Waals surface area contributed by atoms with Crippen LogP contribution in [0.2, 0.25) is 5.28 Å². The number of nitrogens with zero attached hydrogens (tertiary/aromatic N) is 6. The molecule has 144 valence electrons. The summed E-state index contributed by atoms with van der Waals surface area (Å²) in [5.41, 5.74) is 1.47. The summed E-state index contributed by atoms with van der Waals surface area (Å²) in [7, 11) is 2.93. The molecular formula is C18H17ClN6O3. The molecule has 0 aliphatic heterocycles. The van der Waals surface area contributed by atoms with Gasteiger partial charge in [-0.1, -0.05) is 36.3 Å². The minimum atomic E-state index is -0.493. The van der Waals surface area contributed by atoms with Gasteiger partial charge in [0.05, 0.1) is 0 Å². The molecule has 10 heteroatoms. The Bertz CT molecular complexity index is 1300. The molecule has 0 saturated carbocycles. The van der Waals surface area contributed by atoms with Gasteiger partial charge < -0.3 is 4.52 Å². The van der Waals surface area contributed by atoms with E-state index in [-0.39, 0.29) is 28.9 Å². The van der Waals surface area contributed by atoms with Crippen molar-refractivity contribution in [2.24, 2.45) is 14.1 Å². The Labute approximate surface area is 163 Å². The van der Waals surface area contributed by atoms with Crippen molar-refractivity contribution in [2.75, 3.05) is 0 Å². The Kier molecular flexibility index (Phi) is 4.38. The number of hydrogen-bond donors (Lipinski definition) is 0. The van der Waals surface area contributed by atoms with E-state index in [2.05, 4.69) is 22.0 Å². The van der Waals surface area contributed by atoms with Gasteiger partial charge in [-0.2, -0.15) is 9.97 Å². The van der Waals surface area contributed by atoms with Crippen LogP contribution in [0.1, 0.15) is 18.4 Å². The van der Waals surface area contributed by atoms with E-state index < -0.39 is 11.2 Å². The summed E-state index contributed by atoms with van der Waals surface area (Å²) in [6.07, 6.45) is 0.946. The molecule has 1 aromatic carbocycles. The number of imidazole rings is 1. The molecule has 3 heterocycles. The molecule has 0 aliphatic rings. The highest BCUT2D eigenvalue weighted by molar-refractivity contribution is 6.29. The van der Waals surface area contributed by atoms with E-state index in [1.54, 1.807) is 0 Å². The molecule has 0 aliphatic carbocycles. The van der Waals surface area contributed by atoms with Gasteiger partial charge in [-0.3, -0.25) is 18.5 Å². The van der Waals surface area contributed by atoms with Gasteiger partial charge in [-0.05, 0) is 23.6 Å². The maximum Gasteiger partial charge on any atom is 0.332 e. The van der Waals surface area contributed by atoms with Crippen molar-refractivity contribution < 1.29 is 4.52 Å². The van der Waals surface area contributed by atoms with Crippen molar-refractivity contribution in [1.29, 1.82) is 0 Å². The molecule has 0 N–H and O–H groups in total. The predicted molar refractivity (Wildman–Crippen MR) is 103 cm³/mol.